The zero-order valence-corrected chi connectivity index (χ0v) is 10.9. The van der Waals surface area contributed by atoms with Crippen LogP contribution >= 0.6 is 15.9 Å². The molecule has 1 heterocycles. The van der Waals surface area contributed by atoms with Crippen molar-refractivity contribution in [2.45, 2.75) is 4.90 Å². The standard InChI is InChI=1S/C9H9BrN4O2S/c10-8-3-6(1-2-9(8)11)14-17(15,16)7-4-12-13-5-7/h1-5,14H,11H2,(H,12,13). The number of H-pyrrole nitrogens is 1. The van der Waals surface area contributed by atoms with E-state index < -0.39 is 10.0 Å². The molecule has 90 valence electrons. The fourth-order valence-corrected chi connectivity index (χ4v) is 2.52. The van der Waals surface area contributed by atoms with Gasteiger partial charge in [-0.25, -0.2) is 8.42 Å². The van der Waals surface area contributed by atoms with Crippen molar-refractivity contribution in [2.75, 3.05) is 10.5 Å². The van der Waals surface area contributed by atoms with Crippen LogP contribution in [0.4, 0.5) is 11.4 Å². The summed E-state index contributed by atoms with van der Waals surface area (Å²) >= 11 is 3.22. The van der Waals surface area contributed by atoms with Crippen molar-refractivity contribution in [3.63, 3.8) is 0 Å². The van der Waals surface area contributed by atoms with Gasteiger partial charge in [0.25, 0.3) is 10.0 Å². The number of anilines is 2. The van der Waals surface area contributed by atoms with E-state index in [2.05, 4.69) is 30.8 Å². The maximum absolute atomic E-state index is 11.8. The molecular weight excluding hydrogens is 308 g/mol. The quantitative estimate of drug-likeness (QED) is 0.748. The Morgan fingerprint density at radius 2 is 2.18 bits per heavy atom. The van der Waals surface area contributed by atoms with Gasteiger partial charge in [0.05, 0.1) is 11.9 Å². The first-order chi connectivity index (χ1) is 7.99. The van der Waals surface area contributed by atoms with Crippen molar-refractivity contribution < 1.29 is 8.42 Å². The first-order valence-corrected chi connectivity index (χ1v) is 6.83. The van der Waals surface area contributed by atoms with Gasteiger partial charge >= 0.3 is 0 Å². The summed E-state index contributed by atoms with van der Waals surface area (Å²) in [4.78, 5) is 0.0745. The lowest BCUT2D eigenvalue weighted by Crippen LogP contribution is -2.12. The molecule has 4 N–H and O–H groups in total. The minimum atomic E-state index is -3.61. The van der Waals surface area contributed by atoms with Crippen LogP contribution < -0.4 is 10.5 Å². The van der Waals surface area contributed by atoms with Crippen LogP contribution in [-0.2, 0) is 10.0 Å². The lowest BCUT2D eigenvalue weighted by Gasteiger charge is -2.07. The molecule has 0 unspecified atom stereocenters. The Bertz CT molecular complexity index is 624. The SMILES string of the molecule is Nc1ccc(NS(=O)(=O)c2cn[nH]c2)cc1Br. The first-order valence-electron chi connectivity index (χ1n) is 4.56. The van der Waals surface area contributed by atoms with Crippen molar-refractivity contribution in [3.8, 4) is 0 Å². The molecule has 17 heavy (non-hydrogen) atoms. The number of rotatable bonds is 3. The summed E-state index contributed by atoms with van der Waals surface area (Å²) < 4.78 is 26.7. The van der Waals surface area contributed by atoms with Crippen molar-refractivity contribution in [1.82, 2.24) is 10.2 Å². The Morgan fingerprint density at radius 3 is 2.76 bits per heavy atom. The molecule has 1 aromatic heterocycles. The number of aromatic nitrogens is 2. The number of nitrogens with one attached hydrogen (secondary N) is 2. The number of hydrogen-bond acceptors (Lipinski definition) is 4. The zero-order valence-electron chi connectivity index (χ0n) is 8.51. The second-order valence-corrected chi connectivity index (χ2v) is 5.81. The molecule has 0 aliphatic rings. The van der Waals surface area contributed by atoms with Crippen LogP contribution in [0.25, 0.3) is 0 Å². The van der Waals surface area contributed by atoms with Gasteiger partial charge in [0.1, 0.15) is 4.90 Å². The van der Waals surface area contributed by atoms with E-state index in [0.717, 1.165) is 0 Å². The molecule has 0 radical (unpaired) electrons. The number of nitrogens with zero attached hydrogens (tertiary/aromatic N) is 1. The topological polar surface area (TPSA) is 101 Å². The average Bonchev–Trinajstić information content (AvgIpc) is 2.77. The number of nitrogens with two attached hydrogens (primary N) is 1. The number of benzene rings is 1. The third kappa shape index (κ3) is 2.59. The minimum Gasteiger partial charge on any atom is -0.398 e. The molecule has 1 aromatic carbocycles. The lowest BCUT2D eigenvalue weighted by molar-refractivity contribution is 0.601. The van der Waals surface area contributed by atoms with E-state index in [4.69, 9.17) is 5.73 Å². The van der Waals surface area contributed by atoms with Crippen molar-refractivity contribution in [2.24, 2.45) is 0 Å². The van der Waals surface area contributed by atoms with Gasteiger partial charge in [0.2, 0.25) is 0 Å². The van der Waals surface area contributed by atoms with Gasteiger partial charge in [-0.1, -0.05) is 0 Å². The van der Waals surface area contributed by atoms with Crippen LogP contribution in [0, 0.1) is 0 Å². The van der Waals surface area contributed by atoms with Crippen LogP contribution in [-0.4, -0.2) is 18.6 Å². The van der Waals surface area contributed by atoms with Crippen LogP contribution in [0.1, 0.15) is 0 Å². The van der Waals surface area contributed by atoms with E-state index in [9.17, 15) is 8.42 Å². The number of halogens is 1. The van der Waals surface area contributed by atoms with Crippen LogP contribution in [0.15, 0.2) is 40.0 Å². The highest BCUT2D eigenvalue weighted by atomic mass is 79.9. The highest BCUT2D eigenvalue weighted by Gasteiger charge is 2.15. The van der Waals surface area contributed by atoms with Crippen molar-refractivity contribution in [3.05, 3.63) is 35.1 Å². The largest absolute Gasteiger partial charge is 0.398 e. The molecule has 2 aromatic rings. The third-order valence-electron chi connectivity index (χ3n) is 2.04. The van der Waals surface area contributed by atoms with E-state index in [1.54, 1.807) is 18.2 Å². The van der Waals surface area contributed by atoms with Crippen molar-refractivity contribution in [1.29, 1.82) is 0 Å². The van der Waals surface area contributed by atoms with Gasteiger partial charge in [-0.2, -0.15) is 5.10 Å². The molecule has 8 heteroatoms. The van der Waals surface area contributed by atoms with Gasteiger partial charge in [0.15, 0.2) is 0 Å². The minimum absolute atomic E-state index is 0.0745. The number of hydrogen-bond donors (Lipinski definition) is 3. The van der Waals surface area contributed by atoms with E-state index in [1.807, 2.05) is 0 Å². The summed E-state index contributed by atoms with van der Waals surface area (Å²) in [7, 11) is -3.61. The summed E-state index contributed by atoms with van der Waals surface area (Å²) in [6, 6.07) is 4.78. The average molecular weight is 317 g/mol. The Hall–Kier alpha value is -1.54. The lowest BCUT2D eigenvalue weighted by atomic mass is 10.3. The van der Waals surface area contributed by atoms with Crippen LogP contribution in [0.5, 0.6) is 0 Å². The maximum Gasteiger partial charge on any atom is 0.265 e. The molecule has 0 atom stereocenters. The molecule has 0 bridgehead atoms. The molecular formula is C9H9BrN4O2S. The Kier molecular flexibility index (Phi) is 3.07. The van der Waals surface area contributed by atoms with Gasteiger partial charge in [-0.05, 0) is 34.1 Å². The molecule has 2 rings (SSSR count). The number of nitrogen functional groups attached to an aromatic ring is 1. The number of aromatic amines is 1. The summed E-state index contributed by atoms with van der Waals surface area (Å²) in [6.07, 6.45) is 2.53. The van der Waals surface area contributed by atoms with Gasteiger partial charge in [-0.15, -0.1) is 0 Å². The fraction of sp³-hybridized carbons (Fsp3) is 0. The number of sulfonamides is 1. The third-order valence-corrected chi connectivity index (χ3v) is 4.07. The molecule has 0 aliphatic heterocycles. The van der Waals surface area contributed by atoms with E-state index in [1.165, 1.54) is 12.4 Å². The molecule has 0 saturated carbocycles. The Morgan fingerprint density at radius 1 is 1.41 bits per heavy atom. The zero-order chi connectivity index (χ0) is 12.5. The highest BCUT2D eigenvalue weighted by Crippen LogP contribution is 2.24. The van der Waals surface area contributed by atoms with Gasteiger partial charge < -0.3 is 5.73 Å². The maximum atomic E-state index is 11.8. The molecule has 0 aliphatic carbocycles. The Balaban J connectivity index is 2.30. The normalized spacial score (nSPS) is 11.4. The fourth-order valence-electron chi connectivity index (χ4n) is 1.19. The molecule has 0 fully saturated rings. The second kappa shape index (κ2) is 4.38. The van der Waals surface area contributed by atoms with Crippen LogP contribution in [0.2, 0.25) is 0 Å². The summed E-state index contributed by atoms with van der Waals surface area (Å²) in [6.45, 7) is 0. The summed E-state index contributed by atoms with van der Waals surface area (Å²) in [5.74, 6) is 0. The molecule has 6 nitrogen and oxygen atoms in total. The molecule has 0 saturated heterocycles. The monoisotopic (exact) mass is 316 g/mol. The predicted octanol–water partition coefficient (Wildman–Crippen LogP) is 1.56. The van der Waals surface area contributed by atoms with Crippen LogP contribution in [0.3, 0.4) is 0 Å². The van der Waals surface area contributed by atoms with Gasteiger partial charge in [-0.3, -0.25) is 9.82 Å². The van der Waals surface area contributed by atoms with Gasteiger partial charge in [0, 0.05) is 16.4 Å². The smallest absolute Gasteiger partial charge is 0.265 e. The second-order valence-electron chi connectivity index (χ2n) is 3.28. The highest BCUT2D eigenvalue weighted by molar-refractivity contribution is 9.10. The van der Waals surface area contributed by atoms with E-state index >= 15 is 0 Å². The summed E-state index contributed by atoms with van der Waals surface area (Å²) in [5, 5.41) is 6.03. The Labute approximate surface area is 106 Å². The molecule has 0 spiro atoms. The van der Waals surface area contributed by atoms with Crippen molar-refractivity contribution >= 4 is 37.3 Å². The summed E-state index contributed by atoms with van der Waals surface area (Å²) in [5.41, 5.74) is 6.57. The van der Waals surface area contributed by atoms with E-state index in [-0.39, 0.29) is 4.90 Å². The molecule has 0 amide bonds. The predicted molar refractivity (Wildman–Crippen MR) is 68.0 cm³/mol. The van der Waals surface area contributed by atoms with E-state index in [0.29, 0.717) is 15.8 Å². The first kappa shape index (κ1) is 11.9.